The van der Waals surface area contributed by atoms with Crippen LogP contribution in [-0.4, -0.2) is 44.9 Å². The first-order chi connectivity index (χ1) is 14.2. The molecule has 3 rings (SSSR count). The predicted molar refractivity (Wildman–Crippen MR) is 108 cm³/mol. The first kappa shape index (κ1) is 22.0. The summed E-state index contributed by atoms with van der Waals surface area (Å²) in [6.07, 6.45) is 2.67. The quantitative estimate of drug-likeness (QED) is 0.642. The molecular weight excluding hydrogens is 410 g/mol. The second-order valence-electron chi connectivity index (χ2n) is 7.19. The van der Waals surface area contributed by atoms with Gasteiger partial charge in [0.1, 0.15) is 23.7 Å². The molecule has 1 aromatic heterocycles. The Morgan fingerprint density at radius 3 is 2.40 bits per heavy atom. The maximum Gasteiger partial charge on any atom is 0.341 e. The molecule has 30 heavy (non-hydrogen) atoms. The molecule has 9 heteroatoms. The molecule has 0 saturated carbocycles. The summed E-state index contributed by atoms with van der Waals surface area (Å²) in [6.45, 7) is 4.09. The fourth-order valence-electron chi connectivity index (χ4n) is 3.38. The van der Waals surface area contributed by atoms with Gasteiger partial charge in [0.15, 0.2) is 0 Å². The van der Waals surface area contributed by atoms with Crippen molar-refractivity contribution in [2.24, 2.45) is 0 Å². The molecule has 0 bridgehead atoms. The molecule has 0 amide bonds. The molecule has 162 valence electrons. The van der Waals surface area contributed by atoms with Crippen LogP contribution in [0, 0.1) is 13.8 Å². The second kappa shape index (κ2) is 9.01. The van der Waals surface area contributed by atoms with Gasteiger partial charge < -0.3 is 13.9 Å². The Bertz CT molecular complexity index is 1050. The van der Waals surface area contributed by atoms with Crippen LogP contribution in [0.3, 0.4) is 0 Å². The lowest BCUT2D eigenvalue weighted by Crippen LogP contribution is -2.35. The van der Waals surface area contributed by atoms with E-state index in [0.717, 1.165) is 19.3 Å². The molecule has 0 unspecified atom stereocenters. The lowest BCUT2D eigenvalue weighted by molar-refractivity contribution is 0.0442. The Kier molecular flexibility index (Phi) is 6.62. The number of furan rings is 1. The van der Waals surface area contributed by atoms with Gasteiger partial charge in [0, 0.05) is 13.1 Å². The summed E-state index contributed by atoms with van der Waals surface area (Å²) in [5.74, 6) is -0.563. The van der Waals surface area contributed by atoms with Gasteiger partial charge in [0.2, 0.25) is 10.0 Å². The number of hydrogen-bond acceptors (Lipinski definition) is 7. The maximum atomic E-state index is 12.9. The molecule has 1 aromatic carbocycles. The smallest absolute Gasteiger partial charge is 0.341 e. The van der Waals surface area contributed by atoms with E-state index in [-0.39, 0.29) is 28.4 Å². The minimum Gasteiger partial charge on any atom is -0.465 e. The largest absolute Gasteiger partial charge is 0.465 e. The van der Waals surface area contributed by atoms with Gasteiger partial charge in [0.25, 0.3) is 0 Å². The van der Waals surface area contributed by atoms with Crippen LogP contribution in [0.15, 0.2) is 33.6 Å². The molecule has 0 aliphatic carbocycles. The lowest BCUT2D eigenvalue weighted by atomic mass is 10.1. The van der Waals surface area contributed by atoms with Gasteiger partial charge in [0.05, 0.1) is 17.6 Å². The average Bonchev–Trinajstić information content (AvgIpc) is 3.12. The van der Waals surface area contributed by atoms with E-state index in [4.69, 9.17) is 9.15 Å². The number of methoxy groups -OCH3 is 1. The van der Waals surface area contributed by atoms with Crippen LogP contribution in [0.2, 0.25) is 0 Å². The third kappa shape index (κ3) is 4.57. The Morgan fingerprint density at radius 2 is 1.73 bits per heavy atom. The standard InChI is InChI=1S/C21H25NO7S/c1-14-7-8-17(30(25,26)22-9-5-4-6-10-22)12-18(14)21(24)28-13-16-11-19(15(2)29-16)20(23)27-3/h7-8,11-12H,4-6,9-10,13H2,1-3H3. The summed E-state index contributed by atoms with van der Waals surface area (Å²) in [5, 5.41) is 0. The van der Waals surface area contributed by atoms with Crippen LogP contribution in [0.1, 0.15) is 57.1 Å². The van der Waals surface area contributed by atoms with Gasteiger partial charge in [-0.05, 0) is 50.5 Å². The number of nitrogens with zero attached hydrogens (tertiary/aromatic N) is 1. The zero-order chi connectivity index (χ0) is 21.9. The third-order valence-corrected chi connectivity index (χ3v) is 7.00. The zero-order valence-electron chi connectivity index (χ0n) is 17.3. The van der Waals surface area contributed by atoms with E-state index in [1.54, 1.807) is 19.9 Å². The van der Waals surface area contributed by atoms with E-state index in [2.05, 4.69) is 4.74 Å². The summed E-state index contributed by atoms with van der Waals surface area (Å²) in [4.78, 5) is 24.3. The highest BCUT2D eigenvalue weighted by atomic mass is 32.2. The molecule has 8 nitrogen and oxygen atoms in total. The topological polar surface area (TPSA) is 103 Å². The van der Waals surface area contributed by atoms with Crippen LogP contribution < -0.4 is 0 Å². The van der Waals surface area contributed by atoms with Crippen molar-refractivity contribution in [3.05, 3.63) is 52.5 Å². The molecule has 0 atom stereocenters. The van der Waals surface area contributed by atoms with Crippen molar-refractivity contribution in [3.63, 3.8) is 0 Å². The summed E-state index contributed by atoms with van der Waals surface area (Å²) < 4.78 is 42.7. The van der Waals surface area contributed by atoms with Gasteiger partial charge in [-0.25, -0.2) is 18.0 Å². The number of esters is 2. The van der Waals surface area contributed by atoms with Crippen molar-refractivity contribution < 1.29 is 31.9 Å². The van der Waals surface area contributed by atoms with Gasteiger partial charge in [-0.15, -0.1) is 0 Å². The van der Waals surface area contributed by atoms with E-state index in [9.17, 15) is 18.0 Å². The van der Waals surface area contributed by atoms with Crippen molar-refractivity contribution >= 4 is 22.0 Å². The predicted octanol–water partition coefficient (Wildman–Crippen LogP) is 3.21. The summed E-state index contributed by atoms with van der Waals surface area (Å²) in [7, 11) is -2.39. The molecule has 1 fully saturated rings. The minimum atomic E-state index is -3.66. The number of carbonyl (C=O) groups excluding carboxylic acids is 2. The first-order valence-corrected chi connectivity index (χ1v) is 11.1. The molecule has 1 aliphatic heterocycles. The monoisotopic (exact) mass is 435 g/mol. The van der Waals surface area contributed by atoms with Crippen LogP contribution in [-0.2, 0) is 26.1 Å². The first-order valence-electron chi connectivity index (χ1n) is 9.69. The number of hydrogen-bond donors (Lipinski definition) is 0. The summed E-state index contributed by atoms with van der Waals surface area (Å²) in [5.41, 5.74) is 1.03. The maximum absolute atomic E-state index is 12.9. The molecule has 1 saturated heterocycles. The fraction of sp³-hybridized carbons (Fsp3) is 0.429. The highest BCUT2D eigenvalue weighted by Gasteiger charge is 2.27. The minimum absolute atomic E-state index is 0.0729. The van der Waals surface area contributed by atoms with Crippen molar-refractivity contribution in [3.8, 4) is 0 Å². The van der Waals surface area contributed by atoms with Gasteiger partial charge in [-0.1, -0.05) is 12.5 Å². The molecule has 0 N–H and O–H groups in total. The van der Waals surface area contributed by atoms with Gasteiger partial charge in [-0.3, -0.25) is 0 Å². The van der Waals surface area contributed by atoms with Crippen LogP contribution >= 0.6 is 0 Å². The van der Waals surface area contributed by atoms with Gasteiger partial charge >= 0.3 is 11.9 Å². The van der Waals surface area contributed by atoms with Crippen LogP contribution in [0.4, 0.5) is 0 Å². The molecule has 1 aliphatic rings. The summed E-state index contributed by atoms with van der Waals surface area (Å²) >= 11 is 0. The average molecular weight is 435 g/mol. The Labute approximate surface area is 175 Å². The fourth-order valence-corrected chi connectivity index (χ4v) is 4.92. The van der Waals surface area contributed by atoms with E-state index in [1.165, 1.54) is 29.6 Å². The Morgan fingerprint density at radius 1 is 1.03 bits per heavy atom. The van der Waals surface area contributed by atoms with E-state index in [0.29, 0.717) is 24.4 Å². The van der Waals surface area contributed by atoms with Crippen molar-refractivity contribution in [2.45, 2.75) is 44.6 Å². The number of piperidine rings is 1. The molecular formula is C21H25NO7S. The number of benzene rings is 1. The van der Waals surface area contributed by atoms with Crippen molar-refractivity contribution in [2.75, 3.05) is 20.2 Å². The lowest BCUT2D eigenvalue weighted by Gasteiger charge is -2.26. The van der Waals surface area contributed by atoms with Crippen LogP contribution in [0.5, 0.6) is 0 Å². The highest BCUT2D eigenvalue weighted by Crippen LogP contribution is 2.24. The number of carbonyl (C=O) groups is 2. The summed E-state index contributed by atoms with van der Waals surface area (Å²) in [6, 6.07) is 5.92. The number of ether oxygens (including phenoxy) is 2. The third-order valence-electron chi connectivity index (χ3n) is 5.10. The molecule has 0 radical (unpaired) electrons. The highest BCUT2D eigenvalue weighted by molar-refractivity contribution is 7.89. The van der Waals surface area contributed by atoms with Crippen LogP contribution in [0.25, 0.3) is 0 Å². The van der Waals surface area contributed by atoms with E-state index in [1.807, 2.05) is 0 Å². The zero-order valence-corrected chi connectivity index (χ0v) is 18.1. The molecule has 0 spiro atoms. The number of sulfonamides is 1. The van der Waals surface area contributed by atoms with E-state index < -0.39 is 22.0 Å². The Hall–Kier alpha value is -2.65. The second-order valence-corrected chi connectivity index (χ2v) is 9.13. The van der Waals surface area contributed by atoms with Gasteiger partial charge in [-0.2, -0.15) is 4.31 Å². The van der Waals surface area contributed by atoms with Crippen molar-refractivity contribution in [1.29, 1.82) is 0 Å². The normalized spacial score (nSPS) is 15.0. The molecule has 2 aromatic rings. The van der Waals surface area contributed by atoms with Crippen molar-refractivity contribution in [1.82, 2.24) is 4.31 Å². The SMILES string of the molecule is COC(=O)c1cc(COC(=O)c2cc(S(=O)(=O)N3CCCCC3)ccc2C)oc1C. The number of rotatable bonds is 6. The number of aryl methyl sites for hydroxylation is 2. The Balaban J connectivity index is 1.76. The molecule has 2 heterocycles. The van der Waals surface area contributed by atoms with E-state index >= 15 is 0 Å².